The van der Waals surface area contributed by atoms with Gasteiger partial charge in [-0.2, -0.15) is 0 Å². The maximum atomic E-state index is 12.5. The topological polar surface area (TPSA) is 46.5 Å². The lowest BCUT2D eigenvalue weighted by atomic mass is 10.0. The Morgan fingerprint density at radius 1 is 0.840 bits per heavy atom. The number of para-hydroxylation sites is 1. The van der Waals surface area contributed by atoms with E-state index in [9.17, 15) is 9.46 Å². The molecule has 0 aliphatic carbocycles. The van der Waals surface area contributed by atoms with Gasteiger partial charge in [0, 0.05) is 0 Å². The molecule has 1 atom stereocenters. The Labute approximate surface area is 151 Å². The molecular weight excluding hydrogens is 331 g/mol. The summed E-state index contributed by atoms with van der Waals surface area (Å²) >= 11 is 0. The average Bonchev–Trinajstić information content (AvgIpc) is 2.63. The summed E-state index contributed by atoms with van der Waals surface area (Å²) in [6.45, 7) is 2.23. The van der Waals surface area contributed by atoms with Crippen LogP contribution in [0.5, 0.6) is 5.75 Å². The van der Waals surface area contributed by atoms with Crippen LogP contribution in [0, 0.1) is 0 Å². The molecule has 1 unspecified atom stereocenters. The molecule has 25 heavy (non-hydrogen) atoms. The SMILES string of the molecule is CCCCCCCCCc1ccccc1OP(=O)(O)c1ccccc1. The van der Waals surface area contributed by atoms with Crippen LogP contribution in [0.4, 0.5) is 0 Å². The third-order valence-electron chi connectivity index (χ3n) is 4.33. The second-order valence-electron chi connectivity index (χ2n) is 6.43. The monoisotopic (exact) mass is 360 g/mol. The highest BCUT2D eigenvalue weighted by atomic mass is 31.2. The van der Waals surface area contributed by atoms with Crippen LogP contribution in [0.15, 0.2) is 54.6 Å². The predicted octanol–water partition coefficient (Wildman–Crippen LogP) is 5.87. The highest BCUT2D eigenvalue weighted by Gasteiger charge is 2.24. The van der Waals surface area contributed by atoms with E-state index >= 15 is 0 Å². The highest BCUT2D eigenvalue weighted by molar-refractivity contribution is 7.61. The first kappa shape index (κ1) is 19.8. The van der Waals surface area contributed by atoms with E-state index in [-0.39, 0.29) is 0 Å². The molecule has 0 amide bonds. The van der Waals surface area contributed by atoms with Crippen molar-refractivity contribution in [2.24, 2.45) is 0 Å². The van der Waals surface area contributed by atoms with Crippen LogP contribution in [-0.4, -0.2) is 4.89 Å². The van der Waals surface area contributed by atoms with Gasteiger partial charge < -0.3 is 9.42 Å². The maximum Gasteiger partial charge on any atom is 0.408 e. The van der Waals surface area contributed by atoms with Gasteiger partial charge in [-0.1, -0.05) is 81.8 Å². The molecule has 4 heteroatoms. The Morgan fingerprint density at radius 2 is 1.44 bits per heavy atom. The van der Waals surface area contributed by atoms with Gasteiger partial charge in [0.2, 0.25) is 0 Å². The molecule has 0 fully saturated rings. The first-order valence-electron chi connectivity index (χ1n) is 9.29. The van der Waals surface area contributed by atoms with Crippen molar-refractivity contribution in [3.8, 4) is 5.75 Å². The van der Waals surface area contributed by atoms with Gasteiger partial charge in [0.1, 0.15) is 5.75 Å². The third kappa shape index (κ3) is 6.68. The van der Waals surface area contributed by atoms with Crippen LogP contribution in [0.3, 0.4) is 0 Å². The van der Waals surface area contributed by atoms with Gasteiger partial charge in [0.15, 0.2) is 0 Å². The molecule has 0 heterocycles. The summed E-state index contributed by atoms with van der Waals surface area (Å²) in [7, 11) is -3.85. The predicted molar refractivity (Wildman–Crippen MR) is 105 cm³/mol. The maximum absolute atomic E-state index is 12.5. The molecule has 2 aromatic rings. The summed E-state index contributed by atoms with van der Waals surface area (Å²) < 4.78 is 18.1. The second-order valence-corrected chi connectivity index (χ2v) is 8.17. The minimum Gasteiger partial charge on any atom is -0.421 e. The molecule has 0 spiro atoms. The Kier molecular flexibility index (Phi) is 8.24. The summed E-state index contributed by atoms with van der Waals surface area (Å²) in [5, 5.41) is 0.320. The highest BCUT2D eigenvalue weighted by Crippen LogP contribution is 2.42. The standard InChI is InChI=1S/C21H29O3P/c1-2-3-4-5-6-7-9-14-19-15-12-13-18-21(19)24-25(22,23)20-16-10-8-11-17-20/h8,10-13,15-18H,2-7,9,14H2,1H3,(H,22,23). The van der Waals surface area contributed by atoms with Crippen molar-refractivity contribution in [3.05, 3.63) is 60.2 Å². The van der Waals surface area contributed by atoms with Crippen LogP contribution in [0.1, 0.15) is 57.4 Å². The molecule has 0 aliphatic rings. The molecule has 0 radical (unpaired) electrons. The number of hydrogen-bond acceptors (Lipinski definition) is 2. The zero-order chi connectivity index (χ0) is 18.0. The van der Waals surface area contributed by atoms with E-state index in [1.165, 1.54) is 38.5 Å². The molecule has 2 rings (SSSR count). The molecule has 0 saturated carbocycles. The van der Waals surface area contributed by atoms with Gasteiger partial charge in [-0.05, 0) is 36.6 Å². The molecule has 2 aromatic carbocycles. The van der Waals surface area contributed by atoms with E-state index in [0.29, 0.717) is 11.1 Å². The van der Waals surface area contributed by atoms with Gasteiger partial charge in [0.05, 0.1) is 5.30 Å². The fraction of sp³-hybridized carbons (Fsp3) is 0.429. The van der Waals surface area contributed by atoms with Gasteiger partial charge in [0.25, 0.3) is 0 Å². The first-order valence-corrected chi connectivity index (χ1v) is 10.9. The van der Waals surface area contributed by atoms with Crippen molar-refractivity contribution < 1.29 is 14.0 Å². The van der Waals surface area contributed by atoms with Gasteiger partial charge in [-0.3, -0.25) is 0 Å². The lowest BCUT2D eigenvalue weighted by molar-refractivity contribution is 0.391. The minimum atomic E-state index is -3.85. The third-order valence-corrected chi connectivity index (χ3v) is 5.72. The van der Waals surface area contributed by atoms with Crippen molar-refractivity contribution in [3.63, 3.8) is 0 Å². The van der Waals surface area contributed by atoms with Gasteiger partial charge >= 0.3 is 7.60 Å². The smallest absolute Gasteiger partial charge is 0.408 e. The van der Waals surface area contributed by atoms with Crippen LogP contribution in [0.25, 0.3) is 0 Å². The molecule has 1 N–H and O–H groups in total. The molecule has 0 aliphatic heterocycles. The van der Waals surface area contributed by atoms with Crippen molar-refractivity contribution in [1.29, 1.82) is 0 Å². The zero-order valence-corrected chi connectivity index (χ0v) is 16.0. The summed E-state index contributed by atoms with van der Waals surface area (Å²) in [5.41, 5.74) is 1.00. The quantitative estimate of drug-likeness (QED) is 0.403. The summed E-state index contributed by atoms with van der Waals surface area (Å²) in [5.74, 6) is 0.517. The van der Waals surface area contributed by atoms with E-state index in [4.69, 9.17) is 4.52 Å². The summed E-state index contributed by atoms with van der Waals surface area (Å²) in [6.07, 6.45) is 9.60. The number of aryl methyl sites for hydroxylation is 1. The number of unbranched alkanes of at least 4 members (excludes halogenated alkanes) is 6. The molecular formula is C21H29O3P. The fourth-order valence-corrected chi connectivity index (χ4v) is 3.97. The lowest BCUT2D eigenvalue weighted by Crippen LogP contribution is -2.09. The van der Waals surface area contributed by atoms with Crippen LogP contribution >= 0.6 is 7.60 Å². The van der Waals surface area contributed by atoms with Gasteiger partial charge in [-0.15, -0.1) is 0 Å². The van der Waals surface area contributed by atoms with Gasteiger partial charge in [-0.25, -0.2) is 4.57 Å². The van der Waals surface area contributed by atoms with E-state index in [1.807, 2.05) is 24.3 Å². The summed E-state index contributed by atoms with van der Waals surface area (Å²) in [4.78, 5) is 10.3. The second kappa shape index (κ2) is 10.4. The Morgan fingerprint density at radius 3 is 2.16 bits per heavy atom. The first-order chi connectivity index (χ1) is 12.1. The minimum absolute atomic E-state index is 0.320. The van der Waals surface area contributed by atoms with E-state index in [0.717, 1.165) is 18.4 Å². The normalized spacial score (nSPS) is 13.4. The number of hydrogen-bond donors (Lipinski definition) is 1. The molecule has 136 valence electrons. The zero-order valence-electron chi connectivity index (χ0n) is 15.1. The van der Waals surface area contributed by atoms with E-state index in [2.05, 4.69) is 6.92 Å². The summed E-state index contributed by atoms with van der Waals surface area (Å²) in [6, 6.07) is 16.1. The molecule has 0 saturated heterocycles. The van der Waals surface area contributed by atoms with Crippen molar-refractivity contribution >= 4 is 12.9 Å². The molecule has 0 aromatic heterocycles. The average molecular weight is 360 g/mol. The Bertz CT molecular complexity index is 670. The number of benzene rings is 2. The number of rotatable bonds is 11. The van der Waals surface area contributed by atoms with E-state index in [1.54, 1.807) is 30.3 Å². The molecule has 3 nitrogen and oxygen atoms in total. The largest absolute Gasteiger partial charge is 0.421 e. The fourth-order valence-electron chi connectivity index (χ4n) is 2.87. The lowest BCUT2D eigenvalue weighted by Gasteiger charge is -2.16. The Hall–Kier alpha value is -1.57. The van der Waals surface area contributed by atoms with E-state index < -0.39 is 7.60 Å². The van der Waals surface area contributed by atoms with Crippen molar-refractivity contribution in [2.45, 2.75) is 58.3 Å². The molecule has 0 bridgehead atoms. The van der Waals surface area contributed by atoms with Crippen LogP contribution in [-0.2, 0) is 11.0 Å². The van der Waals surface area contributed by atoms with Crippen molar-refractivity contribution in [2.75, 3.05) is 0 Å². The van der Waals surface area contributed by atoms with Crippen LogP contribution < -0.4 is 9.83 Å². The van der Waals surface area contributed by atoms with Crippen LogP contribution in [0.2, 0.25) is 0 Å². The van der Waals surface area contributed by atoms with Crippen molar-refractivity contribution in [1.82, 2.24) is 0 Å². The Balaban J connectivity index is 1.91.